The second-order valence-corrected chi connectivity index (χ2v) is 5.29. The first-order valence-electron chi connectivity index (χ1n) is 7.39. The largest absolute Gasteiger partial charge is 0.478 e. The van der Waals surface area contributed by atoms with Gasteiger partial charge in [0.1, 0.15) is 5.71 Å². The third-order valence-corrected chi connectivity index (χ3v) is 3.62. The number of rotatable bonds is 4. The zero-order chi connectivity index (χ0) is 17.1. The molecule has 1 atom stereocenters. The second kappa shape index (κ2) is 6.51. The Balaban J connectivity index is 1.84. The van der Waals surface area contributed by atoms with Crippen molar-refractivity contribution in [2.45, 2.75) is 13.0 Å². The van der Waals surface area contributed by atoms with Gasteiger partial charge in [-0.05, 0) is 31.2 Å². The Labute approximate surface area is 138 Å². The molecule has 0 bridgehead atoms. The van der Waals surface area contributed by atoms with Gasteiger partial charge in [0.15, 0.2) is 0 Å². The van der Waals surface area contributed by atoms with Crippen LogP contribution >= 0.6 is 0 Å². The zero-order valence-corrected chi connectivity index (χ0v) is 12.9. The molecule has 1 fully saturated rings. The minimum absolute atomic E-state index is 0.0906. The van der Waals surface area contributed by atoms with Crippen LogP contribution in [-0.4, -0.2) is 28.7 Å². The van der Waals surface area contributed by atoms with Gasteiger partial charge in [-0.2, -0.15) is 5.10 Å². The molecule has 2 aromatic carbocycles. The fourth-order valence-electron chi connectivity index (χ4n) is 2.41. The number of benzene rings is 2. The second-order valence-electron chi connectivity index (χ2n) is 5.29. The van der Waals surface area contributed by atoms with E-state index in [1.165, 1.54) is 11.1 Å². The maximum atomic E-state index is 12.5. The van der Waals surface area contributed by atoms with Crippen molar-refractivity contribution in [3.63, 3.8) is 0 Å². The molecule has 0 radical (unpaired) electrons. The highest BCUT2D eigenvalue weighted by Gasteiger charge is 2.34. The van der Waals surface area contributed by atoms with Crippen LogP contribution in [0.15, 0.2) is 59.7 Å². The summed E-state index contributed by atoms with van der Waals surface area (Å²) in [6.45, 7) is 1.81. The number of carbonyl (C=O) groups is 2. The highest BCUT2D eigenvalue weighted by Crippen LogP contribution is 2.19. The number of nitrogens with one attached hydrogen (secondary N) is 2. The predicted octanol–water partition coefficient (Wildman–Crippen LogP) is 2.09. The van der Waals surface area contributed by atoms with Crippen LogP contribution in [0.1, 0.15) is 17.3 Å². The standard InChI is InChI=1S/C17H16N4O3/c1-11-15(16(22)21(20-11)12-7-3-2-4-8-12)19-18-14-10-6-5-9-13(14)17(23)24/h2-11,18,20H,1H3,(H,23,24). The number of hydrazine groups is 1. The first-order chi connectivity index (χ1) is 11.6. The van der Waals surface area contributed by atoms with Crippen LogP contribution in [0.4, 0.5) is 11.4 Å². The first-order valence-corrected chi connectivity index (χ1v) is 7.39. The van der Waals surface area contributed by atoms with Gasteiger partial charge in [0.25, 0.3) is 5.91 Å². The van der Waals surface area contributed by atoms with Crippen molar-refractivity contribution in [2.24, 2.45) is 5.10 Å². The first kappa shape index (κ1) is 15.7. The van der Waals surface area contributed by atoms with E-state index >= 15 is 0 Å². The van der Waals surface area contributed by atoms with Gasteiger partial charge < -0.3 is 5.11 Å². The zero-order valence-electron chi connectivity index (χ0n) is 12.9. The number of hydrogen-bond acceptors (Lipinski definition) is 5. The van der Waals surface area contributed by atoms with Crippen LogP contribution in [0.3, 0.4) is 0 Å². The number of para-hydroxylation sites is 2. The Morgan fingerprint density at radius 1 is 1.17 bits per heavy atom. The van der Waals surface area contributed by atoms with E-state index in [2.05, 4.69) is 16.0 Å². The fraction of sp³-hybridized carbons (Fsp3) is 0.118. The van der Waals surface area contributed by atoms with Crippen molar-refractivity contribution in [3.05, 3.63) is 60.2 Å². The van der Waals surface area contributed by atoms with Gasteiger partial charge in [0.05, 0.1) is 23.0 Å². The van der Waals surface area contributed by atoms with E-state index in [0.29, 0.717) is 11.4 Å². The maximum absolute atomic E-state index is 12.5. The molecule has 7 heteroatoms. The van der Waals surface area contributed by atoms with Crippen molar-refractivity contribution in [1.82, 2.24) is 5.43 Å². The fourth-order valence-corrected chi connectivity index (χ4v) is 2.41. The summed E-state index contributed by atoms with van der Waals surface area (Å²) in [7, 11) is 0. The topological polar surface area (TPSA) is 94.0 Å². The highest BCUT2D eigenvalue weighted by molar-refractivity contribution is 6.47. The number of hydrogen-bond donors (Lipinski definition) is 3. The summed E-state index contributed by atoms with van der Waals surface area (Å²) in [5.74, 6) is -1.35. The number of anilines is 2. The lowest BCUT2D eigenvalue weighted by molar-refractivity contribution is -0.112. The van der Waals surface area contributed by atoms with E-state index in [1.807, 2.05) is 37.3 Å². The Bertz CT molecular complexity index is 804. The van der Waals surface area contributed by atoms with Crippen molar-refractivity contribution >= 4 is 29.0 Å². The van der Waals surface area contributed by atoms with Crippen LogP contribution in [0.25, 0.3) is 0 Å². The summed E-state index contributed by atoms with van der Waals surface area (Å²) in [5, 5.41) is 14.7. The lowest BCUT2D eigenvalue weighted by Crippen LogP contribution is -2.36. The monoisotopic (exact) mass is 324 g/mol. The van der Waals surface area contributed by atoms with Gasteiger partial charge in [0, 0.05) is 0 Å². The number of aromatic carboxylic acids is 1. The molecule has 1 saturated heterocycles. The minimum Gasteiger partial charge on any atom is -0.478 e. The SMILES string of the molecule is CC1NN(c2ccccc2)C(=O)C1=NNc1ccccc1C(=O)O. The van der Waals surface area contributed by atoms with Gasteiger partial charge in [-0.3, -0.25) is 10.2 Å². The third-order valence-electron chi connectivity index (χ3n) is 3.62. The molecule has 0 saturated carbocycles. The molecule has 122 valence electrons. The quantitative estimate of drug-likeness (QED) is 0.749. The molecule has 0 aliphatic carbocycles. The lowest BCUT2D eigenvalue weighted by atomic mass is 10.2. The summed E-state index contributed by atoms with van der Waals surface area (Å²) >= 11 is 0. The highest BCUT2D eigenvalue weighted by atomic mass is 16.4. The van der Waals surface area contributed by atoms with Crippen LogP contribution in [0, 0.1) is 0 Å². The molecule has 3 N–H and O–H groups in total. The Hall–Kier alpha value is -3.19. The smallest absolute Gasteiger partial charge is 0.337 e. The maximum Gasteiger partial charge on any atom is 0.337 e. The van der Waals surface area contributed by atoms with Crippen LogP contribution in [-0.2, 0) is 4.79 Å². The molecule has 3 rings (SSSR count). The minimum atomic E-state index is -1.06. The summed E-state index contributed by atoms with van der Waals surface area (Å²) in [6, 6.07) is 15.3. The molecular weight excluding hydrogens is 308 g/mol. The van der Waals surface area contributed by atoms with Crippen molar-refractivity contribution in [2.75, 3.05) is 10.4 Å². The molecular formula is C17H16N4O3. The van der Waals surface area contributed by atoms with Gasteiger partial charge in [-0.15, -0.1) is 0 Å². The van der Waals surface area contributed by atoms with Gasteiger partial charge in [0.2, 0.25) is 0 Å². The van der Waals surface area contributed by atoms with Crippen molar-refractivity contribution in [1.29, 1.82) is 0 Å². The van der Waals surface area contributed by atoms with E-state index in [-0.39, 0.29) is 23.2 Å². The molecule has 0 aromatic heterocycles. The molecule has 2 aromatic rings. The molecule has 1 unspecified atom stereocenters. The van der Waals surface area contributed by atoms with Gasteiger partial charge in [-0.25, -0.2) is 15.2 Å². The van der Waals surface area contributed by atoms with Gasteiger partial charge in [-0.1, -0.05) is 30.3 Å². The normalized spacial score (nSPS) is 18.9. The Morgan fingerprint density at radius 2 is 1.83 bits per heavy atom. The van der Waals surface area contributed by atoms with Crippen molar-refractivity contribution < 1.29 is 14.7 Å². The van der Waals surface area contributed by atoms with Crippen LogP contribution in [0.5, 0.6) is 0 Å². The molecule has 1 aliphatic heterocycles. The average Bonchev–Trinajstić information content (AvgIpc) is 2.88. The van der Waals surface area contributed by atoms with Crippen molar-refractivity contribution in [3.8, 4) is 0 Å². The molecule has 1 heterocycles. The summed E-state index contributed by atoms with van der Waals surface area (Å²) < 4.78 is 0. The van der Waals surface area contributed by atoms with Crippen LogP contribution < -0.4 is 15.9 Å². The molecule has 1 amide bonds. The van der Waals surface area contributed by atoms with E-state index in [1.54, 1.807) is 18.2 Å². The average molecular weight is 324 g/mol. The van der Waals surface area contributed by atoms with Gasteiger partial charge >= 0.3 is 5.97 Å². The molecule has 7 nitrogen and oxygen atoms in total. The molecule has 0 spiro atoms. The number of carboxylic acid groups (broad SMARTS) is 1. The summed E-state index contributed by atoms with van der Waals surface area (Å²) in [4.78, 5) is 23.7. The Kier molecular flexibility index (Phi) is 4.26. The van der Waals surface area contributed by atoms with E-state index in [4.69, 9.17) is 0 Å². The van der Waals surface area contributed by atoms with E-state index < -0.39 is 5.97 Å². The van der Waals surface area contributed by atoms with E-state index in [9.17, 15) is 14.7 Å². The third kappa shape index (κ3) is 2.97. The predicted molar refractivity (Wildman–Crippen MR) is 91.0 cm³/mol. The number of nitrogens with zero attached hydrogens (tertiary/aromatic N) is 2. The summed E-state index contributed by atoms with van der Waals surface area (Å²) in [6.07, 6.45) is 0. The van der Waals surface area contributed by atoms with E-state index in [0.717, 1.165) is 0 Å². The number of carboxylic acids is 1. The number of hydrazone groups is 1. The summed E-state index contributed by atoms with van der Waals surface area (Å²) in [5.41, 5.74) is 7.14. The number of carbonyl (C=O) groups excluding carboxylic acids is 1. The molecule has 24 heavy (non-hydrogen) atoms. The molecule has 1 aliphatic rings. The number of amides is 1. The lowest BCUT2D eigenvalue weighted by Gasteiger charge is -2.15. The Morgan fingerprint density at radius 3 is 2.54 bits per heavy atom. The van der Waals surface area contributed by atoms with Crippen LogP contribution in [0.2, 0.25) is 0 Å².